The first-order valence-corrected chi connectivity index (χ1v) is 6.68. The van der Waals surface area contributed by atoms with E-state index in [2.05, 4.69) is 25.3 Å². The van der Waals surface area contributed by atoms with Crippen LogP contribution in [-0.2, 0) is 4.79 Å². The predicted molar refractivity (Wildman–Crippen MR) is 69.4 cm³/mol. The van der Waals surface area contributed by atoms with Crippen molar-refractivity contribution in [2.45, 2.75) is 57.8 Å². The molecule has 0 fully saturated rings. The van der Waals surface area contributed by atoms with Gasteiger partial charge in [-0.25, -0.2) is 0 Å². The lowest BCUT2D eigenvalue weighted by molar-refractivity contribution is -0.110. The number of hydrogen-bond donors (Lipinski definition) is 2. The Morgan fingerprint density at radius 3 is 1.64 bits per heavy atom. The quantitative estimate of drug-likeness (QED) is 0.433. The van der Waals surface area contributed by atoms with E-state index in [0.29, 0.717) is 6.42 Å². The molecule has 14 heavy (non-hydrogen) atoms. The fraction of sp³-hybridized carbons (Fsp3) is 0.909. The first-order chi connectivity index (χ1) is 6.77. The van der Waals surface area contributed by atoms with E-state index < -0.39 is 0 Å². The van der Waals surface area contributed by atoms with Crippen LogP contribution in [0.1, 0.15) is 57.8 Å². The molecule has 1 nitrogen and oxygen atoms in total. The number of rotatable bonds is 10. The first-order valence-electron chi connectivity index (χ1n) is 5.60. The van der Waals surface area contributed by atoms with Gasteiger partial charge in [-0.2, -0.15) is 12.6 Å². The number of unbranched alkanes of at least 4 members (excludes halogenated alkanes) is 7. The van der Waals surface area contributed by atoms with E-state index in [1.165, 1.54) is 44.9 Å². The van der Waals surface area contributed by atoms with Crippen molar-refractivity contribution in [3.8, 4) is 0 Å². The fourth-order valence-corrected chi connectivity index (χ4v) is 1.83. The lowest BCUT2D eigenvalue weighted by Gasteiger charge is -2.00. The first kappa shape index (κ1) is 14.4. The van der Waals surface area contributed by atoms with Gasteiger partial charge < -0.3 is 0 Å². The summed E-state index contributed by atoms with van der Waals surface area (Å²) in [7, 11) is 0. The van der Waals surface area contributed by atoms with Crippen molar-refractivity contribution < 1.29 is 4.79 Å². The molecule has 0 saturated carbocycles. The molecule has 0 aromatic rings. The molecule has 84 valence electrons. The monoisotopic (exact) mass is 234 g/mol. The molecule has 0 rings (SSSR count). The molecule has 3 heteroatoms. The van der Waals surface area contributed by atoms with Crippen LogP contribution in [0.4, 0.5) is 0 Å². The molecule has 0 aliphatic carbocycles. The average Bonchev–Trinajstić information content (AvgIpc) is 2.15. The smallest absolute Gasteiger partial charge is 0.185 e. The van der Waals surface area contributed by atoms with Gasteiger partial charge in [0, 0.05) is 6.42 Å². The molecule has 0 amide bonds. The Bertz CT molecular complexity index is 137. The normalized spacial score (nSPS) is 10.4. The van der Waals surface area contributed by atoms with Gasteiger partial charge in [-0.3, -0.25) is 4.79 Å². The summed E-state index contributed by atoms with van der Waals surface area (Å²) in [6.45, 7) is 0. The van der Waals surface area contributed by atoms with Gasteiger partial charge in [0.15, 0.2) is 5.12 Å². The minimum atomic E-state index is 0.0266. The van der Waals surface area contributed by atoms with Gasteiger partial charge in [0.1, 0.15) is 0 Å². The van der Waals surface area contributed by atoms with Crippen LogP contribution >= 0.6 is 25.3 Å². The van der Waals surface area contributed by atoms with Crippen LogP contribution < -0.4 is 0 Å². The predicted octanol–water partition coefficient (Wildman–Crippen LogP) is 3.88. The van der Waals surface area contributed by atoms with E-state index >= 15 is 0 Å². The average molecular weight is 234 g/mol. The van der Waals surface area contributed by atoms with Crippen molar-refractivity contribution in [1.82, 2.24) is 0 Å². The van der Waals surface area contributed by atoms with Gasteiger partial charge >= 0.3 is 0 Å². The molecule has 0 saturated heterocycles. The maximum atomic E-state index is 10.5. The molecule has 0 aliphatic heterocycles. The SMILES string of the molecule is O=C(S)CCCCCCCCCCS. The number of carbonyl (C=O) groups excluding carboxylic acids is 1. The second-order valence-corrected chi connectivity index (χ2v) is 4.64. The molecule has 0 aromatic carbocycles. The van der Waals surface area contributed by atoms with E-state index in [1.54, 1.807) is 0 Å². The topological polar surface area (TPSA) is 17.1 Å². The van der Waals surface area contributed by atoms with Crippen molar-refractivity contribution in [2.24, 2.45) is 0 Å². The lowest BCUT2D eigenvalue weighted by atomic mass is 10.1. The molecule has 0 N–H and O–H groups in total. The second kappa shape index (κ2) is 11.4. The highest BCUT2D eigenvalue weighted by atomic mass is 32.1. The molecule has 0 aromatic heterocycles. The van der Waals surface area contributed by atoms with Crippen LogP contribution in [0.2, 0.25) is 0 Å². The molecule has 0 atom stereocenters. The summed E-state index contributed by atoms with van der Waals surface area (Å²) in [5, 5.41) is 0.0266. The molecular formula is C11H22OS2. The Labute approximate surface area is 98.9 Å². The van der Waals surface area contributed by atoms with Crippen molar-refractivity contribution in [3.63, 3.8) is 0 Å². The van der Waals surface area contributed by atoms with Crippen molar-refractivity contribution in [2.75, 3.05) is 5.75 Å². The van der Waals surface area contributed by atoms with Crippen LogP contribution in [0.5, 0.6) is 0 Å². The highest BCUT2D eigenvalue weighted by molar-refractivity contribution is 7.96. The Morgan fingerprint density at radius 2 is 1.21 bits per heavy atom. The Hall–Kier alpha value is 0.370. The third-order valence-corrected chi connectivity index (χ3v) is 2.84. The summed E-state index contributed by atoms with van der Waals surface area (Å²) in [5.74, 6) is 1.02. The maximum absolute atomic E-state index is 10.5. The van der Waals surface area contributed by atoms with Gasteiger partial charge in [-0.1, -0.05) is 38.5 Å². The molecule has 0 unspecified atom stereocenters. The molecule has 0 radical (unpaired) electrons. The van der Waals surface area contributed by atoms with E-state index in [9.17, 15) is 4.79 Å². The lowest BCUT2D eigenvalue weighted by Crippen LogP contribution is -1.86. The standard InChI is InChI=1S/C11H22OS2/c12-11(14)9-7-5-3-1-2-4-6-8-10-13/h13H,1-10H2,(H,12,14). The van der Waals surface area contributed by atoms with Crippen LogP contribution in [0.15, 0.2) is 0 Å². The number of thiol groups is 2. The molecule has 0 aliphatic rings. The van der Waals surface area contributed by atoms with Crippen LogP contribution in [0.25, 0.3) is 0 Å². The van der Waals surface area contributed by atoms with Gasteiger partial charge in [-0.15, -0.1) is 12.6 Å². The zero-order chi connectivity index (χ0) is 10.6. The minimum Gasteiger partial charge on any atom is -0.288 e. The van der Waals surface area contributed by atoms with Gasteiger partial charge in [0.25, 0.3) is 0 Å². The van der Waals surface area contributed by atoms with Gasteiger partial charge in [0.2, 0.25) is 0 Å². The zero-order valence-corrected chi connectivity index (χ0v) is 10.7. The summed E-state index contributed by atoms with van der Waals surface area (Å²) in [5.41, 5.74) is 0. The minimum absolute atomic E-state index is 0.0266. The number of hydrogen-bond acceptors (Lipinski definition) is 2. The van der Waals surface area contributed by atoms with Crippen molar-refractivity contribution in [1.29, 1.82) is 0 Å². The van der Waals surface area contributed by atoms with Crippen molar-refractivity contribution in [3.05, 3.63) is 0 Å². The Kier molecular flexibility index (Phi) is 11.7. The van der Waals surface area contributed by atoms with Crippen LogP contribution in [0.3, 0.4) is 0 Å². The Morgan fingerprint density at radius 1 is 0.786 bits per heavy atom. The maximum Gasteiger partial charge on any atom is 0.185 e. The van der Waals surface area contributed by atoms with Crippen molar-refractivity contribution >= 4 is 30.4 Å². The zero-order valence-electron chi connectivity index (χ0n) is 8.87. The summed E-state index contributed by atoms with van der Waals surface area (Å²) in [4.78, 5) is 10.5. The third kappa shape index (κ3) is 12.4. The number of carbonyl (C=O) groups is 1. The van der Waals surface area contributed by atoms with Gasteiger partial charge in [0.05, 0.1) is 0 Å². The summed E-state index contributed by atoms with van der Waals surface area (Å²) >= 11 is 7.91. The van der Waals surface area contributed by atoms with E-state index in [4.69, 9.17) is 0 Å². The van der Waals surface area contributed by atoms with E-state index in [0.717, 1.165) is 12.2 Å². The fourth-order valence-electron chi connectivity index (χ4n) is 1.45. The highest BCUT2D eigenvalue weighted by Gasteiger charge is 1.94. The summed E-state index contributed by atoms with van der Waals surface area (Å²) in [6, 6.07) is 0. The summed E-state index contributed by atoms with van der Waals surface area (Å²) in [6.07, 6.45) is 10.7. The largest absolute Gasteiger partial charge is 0.288 e. The molecule has 0 bridgehead atoms. The van der Waals surface area contributed by atoms with Crippen LogP contribution in [-0.4, -0.2) is 10.9 Å². The van der Waals surface area contributed by atoms with E-state index in [-0.39, 0.29) is 5.12 Å². The third-order valence-electron chi connectivity index (χ3n) is 2.30. The highest BCUT2D eigenvalue weighted by Crippen LogP contribution is 2.10. The Balaban J connectivity index is 2.88. The molecular weight excluding hydrogens is 212 g/mol. The van der Waals surface area contributed by atoms with Crippen LogP contribution in [0, 0.1) is 0 Å². The summed E-state index contributed by atoms with van der Waals surface area (Å²) < 4.78 is 0. The molecule has 0 spiro atoms. The van der Waals surface area contributed by atoms with E-state index in [1.807, 2.05) is 0 Å². The van der Waals surface area contributed by atoms with Gasteiger partial charge in [-0.05, 0) is 18.6 Å². The molecule has 0 heterocycles. The second-order valence-electron chi connectivity index (χ2n) is 3.70.